The summed E-state index contributed by atoms with van der Waals surface area (Å²) in [7, 11) is -0.647. The number of carbonyl (C=O) groups is 1. The molecule has 6 rings (SSSR count). The van der Waals surface area contributed by atoms with E-state index in [-0.39, 0.29) is 10.9 Å². The number of hydrogen-bond acceptors (Lipinski definition) is 9. The second kappa shape index (κ2) is 9.10. The first-order valence-corrected chi connectivity index (χ1v) is 15.0. The van der Waals surface area contributed by atoms with Gasteiger partial charge in [-0.05, 0) is 31.7 Å². The van der Waals surface area contributed by atoms with Crippen LogP contribution in [0.1, 0.15) is 30.7 Å². The lowest BCUT2D eigenvalue weighted by Gasteiger charge is -2.37. The Labute approximate surface area is 229 Å². The summed E-state index contributed by atoms with van der Waals surface area (Å²) in [5, 5.41) is 19.3. The van der Waals surface area contributed by atoms with Gasteiger partial charge in [-0.1, -0.05) is 11.3 Å². The van der Waals surface area contributed by atoms with Gasteiger partial charge in [0.25, 0.3) is 0 Å². The number of amides is 2. The van der Waals surface area contributed by atoms with Gasteiger partial charge in [-0.2, -0.15) is 5.26 Å². The summed E-state index contributed by atoms with van der Waals surface area (Å²) in [4.78, 5) is 22.3. The van der Waals surface area contributed by atoms with Gasteiger partial charge in [0.2, 0.25) is 10.0 Å². The molecule has 0 spiro atoms. The molecular weight excluding hydrogens is 545 g/mol. The normalized spacial score (nSPS) is 19.6. The van der Waals surface area contributed by atoms with Crippen LogP contribution in [-0.4, -0.2) is 96.3 Å². The molecule has 15 heteroatoms. The van der Waals surface area contributed by atoms with E-state index in [0.717, 1.165) is 12.8 Å². The molecule has 2 aliphatic carbocycles. The van der Waals surface area contributed by atoms with Gasteiger partial charge in [0.1, 0.15) is 27.7 Å². The second-order valence-corrected chi connectivity index (χ2v) is 13.3. The number of nitriles is 1. The van der Waals surface area contributed by atoms with Crippen molar-refractivity contribution in [3.63, 3.8) is 0 Å². The van der Waals surface area contributed by atoms with Crippen LogP contribution in [0.4, 0.5) is 14.9 Å². The molecule has 3 aromatic heterocycles. The Hall–Kier alpha value is -3.35. The lowest BCUT2D eigenvalue weighted by atomic mass is 10.1. The number of imidazole rings is 1. The number of urea groups is 1. The van der Waals surface area contributed by atoms with Gasteiger partial charge in [-0.25, -0.2) is 27.3 Å². The summed E-state index contributed by atoms with van der Waals surface area (Å²) in [6, 6.07) is 3.81. The van der Waals surface area contributed by atoms with Crippen molar-refractivity contribution in [3.05, 3.63) is 23.5 Å². The minimum absolute atomic E-state index is 0.0174. The highest BCUT2D eigenvalue weighted by atomic mass is 32.2. The zero-order valence-electron chi connectivity index (χ0n) is 21.6. The molecule has 0 radical (unpaired) electrons. The van der Waals surface area contributed by atoms with E-state index in [4.69, 9.17) is 0 Å². The number of sulfonamides is 1. The van der Waals surface area contributed by atoms with Crippen molar-refractivity contribution in [2.24, 2.45) is 0 Å². The molecule has 2 saturated carbocycles. The number of piperazine rings is 1. The van der Waals surface area contributed by atoms with E-state index in [9.17, 15) is 22.9 Å². The van der Waals surface area contributed by atoms with Crippen molar-refractivity contribution in [3.8, 4) is 16.8 Å². The highest BCUT2D eigenvalue weighted by Gasteiger charge is 2.48. The van der Waals surface area contributed by atoms with Gasteiger partial charge in [-0.15, -0.1) is 10.2 Å². The lowest BCUT2D eigenvalue weighted by Crippen LogP contribution is -2.51. The van der Waals surface area contributed by atoms with Gasteiger partial charge >= 0.3 is 6.03 Å². The smallest absolute Gasteiger partial charge is 0.319 e. The molecule has 4 heterocycles. The molecule has 0 aromatic carbocycles. The van der Waals surface area contributed by atoms with E-state index >= 15 is 0 Å². The molecule has 12 nitrogen and oxygen atoms in total. The Balaban J connectivity index is 1.41. The van der Waals surface area contributed by atoms with Gasteiger partial charge in [-0.3, -0.25) is 4.40 Å². The molecule has 1 saturated heterocycles. The van der Waals surface area contributed by atoms with Crippen LogP contribution in [0.2, 0.25) is 0 Å². The van der Waals surface area contributed by atoms with E-state index in [2.05, 4.69) is 26.0 Å². The Morgan fingerprint density at radius 2 is 1.92 bits per heavy atom. The van der Waals surface area contributed by atoms with Crippen LogP contribution in [-0.2, 0) is 15.4 Å². The topological polar surface area (TPSA) is 140 Å². The molecule has 2 amide bonds. The zero-order chi connectivity index (χ0) is 27.6. The van der Waals surface area contributed by atoms with Crippen molar-refractivity contribution in [1.29, 1.82) is 5.26 Å². The molecule has 1 aliphatic heterocycles. The summed E-state index contributed by atoms with van der Waals surface area (Å²) in [6.07, 6.45) is 5.47. The van der Waals surface area contributed by atoms with Crippen molar-refractivity contribution >= 4 is 38.7 Å². The number of halogens is 1. The van der Waals surface area contributed by atoms with E-state index in [0.29, 0.717) is 66.1 Å². The quantitative estimate of drug-likeness (QED) is 0.453. The first kappa shape index (κ1) is 25.9. The molecule has 1 N–H and O–H groups in total. The van der Waals surface area contributed by atoms with Crippen LogP contribution in [0.15, 0.2) is 23.4 Å². The molecular formula is C24H28FN9O3S2. The molecule has 0 atom stereocenters. The molecule has 0 bridgehead atoms. The number of rotatable bonds is 7. The largest absolute Gasteiger partial charge is 0.365 e. The van der Waals surface area contributed by atoms with Crippen LogP contribution in [0.5, 0.6) is 0 Å². The van der Waals surface area contributed by atoms with Crippen LogP contribution in [0, 0.1) is 11.3 Å². The summed E-state index contributed by atoms with van der Waals surface area (Å²) in [5.41, 5.74) is 0.0317. The van der Waals surface area contributed by atoms with Crippen LogP contribution >= 0.6 is 11.3 Å². The first-order valence-electron chi connectivity index (χ1n) is 12.7. The number of nitrogens with one attached hydrogen (secondary N) is 1. The number of alkyl halides is 1. The number of anilines is 1. The third-order valence-electron chi connectivity index (χ3n) is 7.62. The number of fused-ring (bicyclic) bond motifs is 1. The maximum Gasteiger partial charge on any atom is 0.319 e. The Bertz CT molecular complexity index is 1590. The van der Waals surface area contributed by atoms with Crippen LogP contribution in [0.3, 0.4) is 0 Å². The fourth-order valence-electron chi connectivity index (χ4n) is 4.78. The number of aromatic nitrogens is 4. The maximum atomic E-state index is 13.6. The molecule has 39 heavy (non-hydrogen) atoms. The minimum atomic E-state index is -4.06. The number of pyridine rings is 1. The standard InChI is InChI=1S/C24H28FN9O3S2/c1-31(2)22(35)33-9-7-32(8-10-33)17-11-16(39(36,37)30-24(14-25)5-6-24)13-34-18(12-27-19(17)34)20-28-29-21(38-20)23(15-26)3-4-23/h11-13,30H,3-10,14H2,1-2H3. The van der Waals surface area contributed by atoms with Gasteiger partial charge in [0.05, 0.1) is 23.5 Å². The molecule has 3 aliphatic rings. The van der Waals surface area contributed by atoms with E-state index in [1.807, 2.05) is 4.90 Å². The lowest BCUT2D eigenvalue weighted by molar-refractivity contribution is 0.168. The molecule has 206 valence electrons. The Kier molecular flexibility index (Phi) is 6.05. The van der Waals surface area contributed by atoms with Crippen LogP contribution < -0.4 is 9.62 Å². The van der Waals surface area contributed by atoms with Crippen molar-refractivity contribution in [2.75, 3.05) is 51.8 Å². The van der Waals surface area contributed by atoms with Gasteiger partial charge in [0, 0.05) is 46.5 Å². The first-order chi connectivity index (χ1) is 18.6. The summed E-state index contributed by atoms with van der Waals surface area (Å²) < 4.78 is 44.7. The third-order valence-corrected chi connectivity index (χ3v) is 10.3. The fraction of sp³-hybridized carbons (Fsp3) is 0.542. The SMILES string of the molecule is CN(C)C(=O)N1CCN(c2cc(S(=O)(=O)NC3(CF)CC3)cn3c(-c4nnc(C5(C#N)CC5)s4)cnc23)CC1. The summed E-state index contributed by atoms with van der Waals surface area (Å²) >= 11 is 1.30. The Morgan fingerprint density at radius 3 is 2.51 bits per heavy atom. The predicted octanol–water partition coefficient (Wildman–Crippen LogP) is 1.99. The number of carbonyl (C=O) groups excluding carboxylic acids is 1. The van der Waals surface area contributed by atoms with Gasteiger partial charge < -0.3 is 14.7 Å². The Morgan fingerprint density at radius 1 is 1.21 bits per heavy atom. The number of nitrogens with zero attached hydrogens (tertiary/aromatic N) is 8. The average Bonchev–Trinajstić information content (AvgIpc) is 3.79. The average molecular weight is 574 g/mol. The maximum absolute atomic E-state index is 13.6. The second-order valence-electron chi connectivity index (χ2n) is 10.7. The van der Waals surface area contributed by atoms with Crippen LogP contribution in [0.25, 0.3) is 16.3 Å². The fourth-order valence-corrected chi connectivity index (χ4v) is 7.29. The highest BCUT2D eigenvalue weighted by molar-refractivity contribution is 7.89. The van der Waals surface area contributed by atoms with E-state index in [1.54, 1.807) is 35.7 Å². The molecule has 0 unspecified atom stereocenters. The predicted molar refractivity (Wildman–Crippen MR) is 142 cm³/mol. The monoisotopic (exact) mass is 573 g/mol. The van der Waals surface area contributed by atoms with Crippen molar-refractivity contribution in [1.82, 2.24) is 34.1 Å². The van der Waals surface area contributed by atoms with Crippen molar-refractivity contribution < 1.29 is 17.6 Å². The summed E-state index contributed by atoms with van der Waals surface area (Å²) in [5.74, 6) is 0. The molecule has 3 aromatic rings. The third kappa shape index (κ3) is 4.50. The summed E-state index contributed by atoms with van der Waals surface area (Å²) in [6.45, 7) is 1.13. The highest BCUT2D eigenvalue weighted by Crippen LogP contribution is 2.49. The molecule has 3 fully saturated rings. The van der Waals surface area contributed by atoms with E-state index < -0.39 is 27.7 Å². The zero-order valence-corrected chi connectivity index (χ0v) is 23.2. The van der Waals surface area contributed by atoms with E-state index in [1.165, 1.54) is 22.4 Å². The number of hydrogen-bond donors (Lipinski definition) is 1. The van der Waals surface area contributed by atoms with Gasteiger partial charge in [0.15, 0.2) is 10.7 Å². The minimum Gasteiger partial charge on any atom is -0.365 e. The van der Waals surface area contributed by atoms with Crippen molar-refractivity contribution in [2.45, 2.75) is 41.5 Å².